The van der Waals surface area contributed by atoms with Crippen LogP contribution in [-0.4, -0.2) is 31.3 Å². The highest BCUT2D eigenvalue weighted by Gasteiger charge is 2.23. The Morgan fingerprint density at radius 1 is 1.18 bits per heavy atom. The molecular formula is C14H28N2O. The van der Waals surface area contributed by atoms with E-state index in [4.69, 9.17) is 10.5 Å². The second-order valence-electron chi connectivity index (χ2n) is 5.88. The van der Waals surface area contributed by atoms with Crippen molar-refractivity contribution in [3.63, 3.8) is 0 Å². The lowest BCUT2D eigenvalue weighted by Gasteiger charge is -2.31. The molecule has 1 aliphatic carbocycles. The average Bonchev–Trinajstić information content (AvgIpc) is 2.39. The number of hydrogen-bond acceptors (Lipinski definition) is 3. The molecular weight excluding hydrogens is 212 g/mol. The van der Waals surface area contributed by atoms with Gasteiger partial charge in [0.1, 0.15) is 0 Å². The third kappa shape index (κ3) is 4.23. The molecule has 0 bridgehead atoms. The van der Waals surface area contributed by atoms with Crippen molar-refractivity contribution in [3.8, 4) is 0 Å². The van der Waals surface area contributed by atoms with E-state index in [1.807, 2.05) is 0 Å². The summed E-state index contributed by atoms with van der Waals surface area (Å²) in [6.45, 7) is 4.32. The van der Waals surface area contributed by atoms with E-state index < -0.39 is 0 Å². The molecule has 2 fully saturated rings. The zero-order valence-electron chi connectivity index (χ0n) is 11.2. The maximum Gasteiger partial charge on any atom is 0.0700 e. The van der Waals surface area contributed by atoms with Crippen LogP contribution in [-0.2, 0) is 4.74 Å². The SMILES string of the molecule is CC(OCC1CCC(N)CC1)C1CCCCN1. The fraction of sp³-hybridized carbons (Fsp3) is 1.00. The Labute approximate surface area is 105 Å². The van der Waals surface area contributed by atoms with Crippen molar-refractivity contribution in [3.05, 3.63) is 0 Å². The monoisotopic (exact) mass is 240 g/mol. The highest BCUT2D eigenvalue weighted by atomic mass is 16.5. The van der Waals surface area contributed by atoms with Gasteiger partial charge in [-0.15, -0.1) is 0 Å². The number of nitrogens with one attached hydrogen (secondary N) is 1. The normalized spacial score (nSPS) is 36.7. The first-order chi connectivity index (χ1) is 8.25. The van der Waals surface area contributed by atoms with E-state index in [0.29, 0.717) is 18.2 Å². The van der Waals surface area contributed by atoms with Gasteiger partial charge in [0.25, 0.3) is 0 Å². The first-order valence-electron chi connectivity index (χ1n) is 7.36. The van der Waals surface area contributed by atoms with Crippen molar-refractivity contribution in [2.45, 2.75) is 70.1 Å². The smallest absolute Gasteiger partial charge is 0.0700 e. The summed E-state index contributed by atoms with van der Waals surface area (Å²) in [5, 5.41) is 3.57. The molecule has 0 amide bonds. The highest BCUT2D eigenvalue weighted by Crippen LogP contribution is 2.24. The molecule has 1 saturated carbocycles. The van der Waals surface area contributed by atoms with Crippen LogP contribution in [0.5, 0.6) is 0 Å². The first-order valence-corrected chi connectivity index (χ1v) is 7.36. The molecule has 0 radical (unpaired) electrons. The number of ether oxygens (including phenoxy) is 1. The summed E-state index contributed by atoms with van der Waals surface area (Å²) in [7, 11) is 0. The van der Waals surface area contributed by atoms with Gasteiger partial charge in [0.15, 0.2) is 0 Å². The lowest BCUT2D eigenvalue weighted by Crippen LogP contribution is -2.43. The number of hydrogen-bond donors (Lipinski definition) is 2. The van der Waals surface area contributed by atoms with Crippen LogP contribution >= 0.6 is 0 Å². The van der Waals surface area contributed by atoms with Gasteiger partial charge in [-0.3, -0.25) is 0 Å². The number of piperidine rings is 1. The second-order valence-corrected chi connectivity index (χ2v) is 5.88. The molecule has 3 N–H and O–H groups in total. The van der Waals surface area contributed by atoms with Gasteiger partial charge in [0, 0.05) is 18.7 Å². The van der Waals surface area contributed by atoms with E-state index in [0.717, 1.165) is 19.1 Å². The van der Waals surface area contributed by atoms with Crippen LogP contribution in [0.1, 0.15) is 51.9 Å². The van der Waals surface area contributed by atoms with E-state index in [1.165, 1.54) is 44.9 Å². The zero-order valence-corrected chi connectivity index (χ0v) is 11.2. The molecule has 2 atom stereocenters. The molecule has 2 rings (SSSR count). The van der Waals surface area contributed by atoms with Crippen molar-refractivity contribution in [1.82, 2.24) is 5.32 Å². The standard InChI is InChI=1S/C14H28N2O/c1-11(14-4-2-3-9-16-14)17-10-12-5-7-13(15)8-6-12/h11-14,16H,2-10,15H2,1H3. The minimum atomic E-state index is 0.367. The van der Waals surface area contributed by atoms with Crippen LogP contribution in [0.4, 0.5) is 0 Å². The third-order valence-corrected chi connectivity index (χ3v) is 4.40. The van der Waals surface area contributed by atoms with Crippen molar-refractivity contribution in [1.29, 1.82) is 0 Å². The molecule has 1 saturated heterocycles. The van der Waals surface area contributed by atoms with Gasteiger partial charge in [0.2, 0.25) is 0 Å². The predicted molar refractivity (Wildman–Crippen MR) is 71.0 cm³/mol. The van der Waals surface area contributed by atoms with Crippen molar-refractivity contribution < 1.29 is 4.74 Å². The highest BCUT2D eigenvalue weighted by molar-refractivity contribution is 4.79. The molecule has 3 heteroatoms. The lowest BCUT2D eigenvalue weighted by atomic mass is 9.87. The Morgan fingerprint density at radius 2 is 1.94 bits per heavy atom. The summed E-state index contributed by atoms with van der Waals surface area (Å²) in [6.07, 6.45) is 9.20. The lowest BCUT2D eigenvalue weighted by molar-refractivity contribution is 0.00389. The van der Waals surface area contributed by atoms with Gasteiger partial charge in [-0.05, 0) is 57.9 Å². The molecule has 0 spiro atoms. The van der Waals surface area contributed by atoms with E-state index in [-0.39, 0.29) is 0 Å². The Kier molecular flexibility index (Phi) is 5.26. The minimum Gasteiger partial charge on any atom is -0.377 e. The summed E-state index contributed by atoms with van der Waals surface area (Å²) < 4.78 is 6.05. The summed E-state index contributed by atoms with van der Waals surface area (Å²) >= 11 is 0. The van der Waals surface area contributed by atoms with Gasteiger partial charge in [-0.25, -0.2) is 0 Å². The van der Waals surface area contributed by atoms with Crippen LogP contribution in [0.15, 0.2) is 0 Å². The quantitative estimate of drug-likeness (QED) is 0.790. The molecule has 2 unspecified atom stereocenters. The van der Waals surface area contributed by atoms with E-state index in [1.54, 1.807) is 0 Å². The van der Waals surface area contributed by atoms with Crippen LogP contribution in [0.2, 0.25) is 0 Å². The zero-order chi connectivity index (χ0) is 12.1. The summed E-state index contributed by atoms with van der Waals surface area (Å²) in [6, 6.07) is 1.03. The van der Waals surface area contributed by atoms with Gasteiger partial charge < -0.3 is 15.8 Å². The molecule has 1 heterocycles. The Hall–Kier alpha value is -0.120. The Balaban J connectivity index is 1.63. The van der Waals surface area contributed by atoms with Gasteiger partial charge in [0.05, 0.1) is 6.10 Å². The Bertz CT molecular complexity index is 208. The molecule has 1 aliphatic heterocycles. The fourth-order valence-electron chi connectivity index (χ4n) is 3.04. The maximum absolute atomic E-state index is 6.05. The molecule has 3 nitrogen and oxygen atoms in total. The minimum absolute atomic E-state index is 0.367. The van der Waals surface area contributed by atoms with Crippen LogP contribution in [0.25, 0.3) is 0 Å². The molecule has 17 heavy (non-hydrogen) atoms. The summed E-state index contributed by atoms with van der Waals surface area (Å²) in [5.74, 6) is 0.751. The van der Waals surface area contributed by atoms with Crippen molar-refractivity contribution in [2.75, 3.05) is 13.2 Å². The van der Waals surface area contributed by atoms with Gasteiger partial charge in [-0.2, -0.15) is 0 Å². The molecule has 100 valence electrons. The van der Waals surface area contributed by atoms with Crippen LogP contribution in [0, 0.1) is 5.92 Å². The Morgan fingerprint density at radius 3 is 2.59 bits per heavy atom. The van der Waals surface area contributed by atoms with Crippen LogP contribution in [0.3, 0.4) is 0 Å². The van der Waals surface area contributed by atoms with E-state index in [9.17, 15) is 0 Å². The van der Waals surface area contributed by atoms with Crippen LogP contribution < -0.4 is 11.1 Å². The molecule has 2 aliphatic rings. The van der Waals surface area contributed by atoms with E-state index in [2.05, 4.69) is 12.2 Å². The van der Waals surface area contributed by atoms with E-state index >= 15 is 0 Å². The maximum atomic E-state index is 6.05. The topological polar surface area (TPSA) is 47.3 Å². The van der Waals surface area contributed by atoms with Gasteiger partial charge >= 0.3 is 0 Å². The second kappa shape index (κ2) is 6.72. The predicted octanol–water partition coefficient (Wildman–Crippen LogP) is 2.05. The van der Waals surface area contributed by atoms with Crippen molar-refractivity contribution in [2.24, 2.45) is 11.7 Å². The largest absolute Gasteiger partial charge is 0.377 e. The van der Waals surface area contributed by atoms with Crippen molar-refractivity contribution >= 4 is 0 Å². The molecule has 0 aromatic carbocycles. The molecule has 0 aromatic heterocycles. The first kappa shape index (κ1) is 13.3. The summed E-state index contributed by atoms with van der Waals surface area (Å²) in [5.41, 5.74) is 5.92. The van der Waals surface area contributed by atoms with Gasteiger partial charge in [-0.1, -0.05) is 6.42 Å². The number of rotatable bonds is 4. The summed E-state index contributed by atoms with van der Waals surface area (Å²) in [4.78, 5) is 0. The molecule has 0 aromatic rings. The third-order valence-electron chi connectivity index (χ3n) is 4.40. The number of nitrogens with two attached hydrogens (primary N) is 1. The average molecular weight is 240 g/mol. The fourth-order valence-corrected chi connectivity index (χ4v) is 3.04.